The van der Waals surface area contributed by atoms with Crippen molar-refractivity contribution in [1.29, 1.82) is 0 Å². The number of anilines is 1. The number of rotatable bonds is 5. The molecule has 0 radical (unpaired) electrons. The first-order valence-corrected chi connectivity index (χ1v) is 12.1. The van der Waals surface area contributed by atoms with Crippen molar-refractivity contribution < 1.29 is 23.5 Å². The van der Waals surface area contributed by atoms with Gasteiger partial charge in [0.15, 0.2) is 0 Å². The molecule has 0 bridgehead atoms. The lowest BCUT2D eigenvalue weighted by molar-refractivity contribution is -0.115. The molecule has 0 saturated heterocycles. The predicted molar refractivity (Wildman–Crippen MR) is 134 cm³/mol. The van der Waals surface area contributed by atoms with Gasteiger partial charge >= 0.3 is 0 Å². The van der Waals surface area contributed by atoms with E-state index >= 15 is 0 Å². The fourth-order valence-corrected chi connectivity index (χ4v) is 4.24. The molecule has 1 aliphatic rings. The largest absolute Gasteiger partial charge is 0.491 e. The quantitative estimate of drug-likeness (QED) is 0.688. The van der Waals surface area contributed by atoms with E-state index in [1.54, 1.807) is 56.3 Å². The summed E-state index contributed by atoms with van der Waals surface area (Å²) < 4.78 is 26.4. The van der Waals surface area contributed by atoms with E-state index in [-0.39, 0.29) is 35.7 Å². The molecule has 2 aromatic carbocycles. The summed E-state index contributed by atoms with van der Waals surface area (Å²) in [5.41, 5.74) is 1.54. The number of nitrogens with zero attached hydrogens (tertiary/aromatic N) is 2. The van der Waals surface area contributed by atoms with Crippen LogP contribution >= 0.6 is 0 Å². The summed E-state index contributed by atoms with van der Waals surface area (Å²) in [7, 11) is 3.37. The van der Waals surface area contributed by atoms with E-state index in [2.05, 4.69) is 17.1 Å². The van der Waals surface area contributed by atoms with Gasteiger partial charge in [0.25, 0.3) is 5.91 Å². The number of fused-ring (bicyclic) bond motifs is 1. The average molecular weight is 486 g/mol. The number of ether oxygens (including phenoxy) is 2. The summed E-state index contributed by atoms with van der Waals surface area (Å²) in [5, 5.41) is 2.81. The summed E-state index contributed by atoms with van der Waals surface area (Å²) in [4.78, 5) is 29.1. The van der Waals surface area contributed by atoms with E-state index in [1.165, 1.54) is 6.07 Å². The van der Waals surface area contributed by atoms with Crippen LogP contribution in [0, 0.1) is 11.7 Å². The zero-order valence-electron chi connectivity index (χ0n) is 21.2. The van der Waals surface area contributed by atoms with Crippen molar-refractivity contribution in [2.45, 2.75) is 45.9 Å². The lowest BCUT2D eigenvalue weighted by Gasteiger charge is -2.36. The second kappa shape index (κ2) is 12.1. The molecule has 0 aromatic heterocycles. The van der Waals surface area contributed by atoms with Gasteiger partial charge in [0.05, 0.1) is 11.7 Å². The standard InChI is InChI=1S/C27H36FN3O4/c1-6-26(32)29-21-11-12-24-22(13-21)27(33)30(4)16-25(34-5)18(2)14-31(19(3)17-35-24)15-20-9-7-8-10-23(20)28/h7-13,18-19,25H,6,14-17H2,1-5H3,(H,29,32)/t18-,19-,25+/m0/s1. The molecule has 3 rings (SSSR count). The Hall–Kier alpha value is -2.97. The maximum atomic E-state index is 14.4. The molecule has 2 aromatic rings. The van der Waals surface area contributed by atoms with Crippen molar-refractivity contribution >= 4 is 17.5 Å². The monoisotopic (exact) mass is 485 g/mol. The topological polar surface area (TPSA) is 71.1 Å². The molecule has 35 heavy (non-hydrogen) atoms. The van der Waals surface area contributed by atoms with Gasteiger partial charge in [0, 0.05) is 57.5 Å². The third-order valence-corrected chi connectivity index (χ3v) is 6.51. The van der Waals surface area contributed by atoms with Crippen molar-refractivity contribution in [2.75, 3.05) is 39.2 Å². The van der Waals surface area contributed by atoms with Gasteiger partial charge in [-0.05, 0) is 37.1 Å². The number of methoxy groups -OCH3 is 1. The van der Waals surface area contributed by atoms with Crippen LogP contribution in [0.3, 0.4) is 0 Å². The number of hydrogen-bond acceptors (Lipinski definition) is 5. The van der Waals surface area contributed by atoms with Crippen LogP contribution in [0.5, 0.6) is 5.75 Å². The molecule has 0 fully saturated rings. The lowest BCUT2D eigenvalue weighted by Crippen LogP contribution is -2.46. The van der Waals surface area contributed by atoms with Gasteiger partial charge in [-0.25, -0.2) is 4.39 Å². The minimum Gasteiger partial charge on any atom is -0.491 e. The normalized spacial score (nSPS) is 21.9. The van der Waals surface area contributed by atoms with Gasteiger partial charge in [0.2, 0.25) is 5.91 Å². The molecule has 2 amide bonds. The Morgan fingerprint density at radius 2 is 1.94 bits per heavy atom. The summed E-state index contributed by atoms with van der Waals surface area (Å²) in [6, 6.07) is 11.8. The molecule has 0 spiro atoms. The van der Waals surface area contributed by atoms with Gasteiger partial charge < -0.3 is 19.7 Å². The first kappa shape index (κ1) is 26.6. The van der Waals surface area contributed by atoms with Crippen LogP contribution in [-0.2, 0) is 16.1 Å². The Balaban J connectivity index is 1.95. The van der Waals surface area contributed by atoms with Crippen LogP contribution in [0.4, 0.5) is 10.1 Å². The number of amides is 2. The first-order chi connectivity index (χ1) is 16.7. The number of benzene rings is 2. The van der Waals surface area contributed by atoms with Crippen molar-refractivity contribution in [1.82, 2.24) is 9.80 Å². The highest BCUT2D eigenvalue weighted by atomic mass is 19.1. The fraction of sp³-hybridized carbons (Fsp3) is 0.481. The van der Waals surface area contributed by atoms with E-state index in [4.69, 9.17) is 9.47 Å². The molecule has 1 aliphatic heterocycles. The van der Waals surface area contributed by atoms with E-state index in [0.717, 1.165) is 0 Å². The van der Waals surface area contributed by atoms with Crippen LogP contribution in [-0.4, -0.2) is 67.6 Å². The highest BCUT2D eigenvalue weighted by Gasteiger charge is 2.29. The van der Waals surface area contributed by atoms with E-state index in [9.17, 15) is 14.0 Å². The van der Waals surface area contributed by atoms with Gasteiger partial charge in [-0.1, -0.05) is 32.0 Å². The summed E-state index contributed by atoms with van der Waals surface area (Å²) in [5.74, 6) is -0.0704. The Kier molecular flexibility index (Phi) is 9.23. The minimum atomic E-state index is -0.236. The molecule has 7 nitrogen and oxygen atoms in total. The summed E-state index contributed by atoms with van der Waals surface area (Å²) >= 11 is 0. The van der Waals surface area contributed by atoms with E-state index < -0.39 is 0 Å². The van der Waals surface area contributed by atoms with E-state index in [0.29, 0.717) is 55.2 Å². The number of hydrogen-bond donors (Lipinski definition) is 1. The Morgan fingerprint density at radius 1 is 1.20 bits per heavy atom. The minimum absolute atomic E-state index is 0.0610. The molecule has 1 N–H and O–H groups in total. The third kappa shape index (κ3) is 6.80. The fourth-order valence-electron chi connectivity index (χ4n) is 4.24. The zero-order chi connectivity index (χ0) is 25.5. The van der Waals surface area contributed by atoms with E-state index in [1.807, 2.05) is 13.0 Å². The van der Waals surface area contributed by atoms with Crippen LogP contribution in [0.15, 0.2) is 42.5 Å². The number of carbonyl (C=O) groups is 2. The van der Waals surface area contributed by atoms with Gasteiger partial charge in [-0.15, -0.1) is 0 Å². The number of nitrogens with one attached hydrogen (secondary N) is 1. The molecular weight excluding hydrogens is 449 g/mol. The first-order valence-electron chi connectivity index (χ1n) is 12.1. The van der Waals surface area contributed by atoms with Crippen LogP contribution in [0.2, 0.25) is 0 Å². The molecule has 1 heterocycles. The number of likely N-dealkylation sites (N-methyl/N-ethyl adjacent to an activating group) is 1. The Labute approximate surface area is 207 Å². The van der Waals surface area contributed by atoms with Gasteiger partial charge in [-0.2, -0.15) is 0 Å². The summed E-state index contributed by atoms with van der Waals surface area (Å²) in [6.07, 6.45) is 0.121. The van der Waals surface area contributed by atoms with Crippen molar-refractivity contribution in [3.8, 4) is 5.75 Å². The average Bonchev–Trinajstić information content (AvgIpc) is 2.85. The predicted octanol–water partition coefficient (Wildman–Crippen LogP) is 4.18. The molecule has 3 atom stereocenters. The summed E-state index contributed by atoms with van der Waals surface area (Å²) in [6.45, 7) is 7.64. The van der Waals surface area contributed by atoms with Crippen molar-refractivity contribution in [2.24, 2.45) is 5.92 Å². The van der Waals surface area contributed by atoms with Crippen LogP contribution in [0.1, 0.15) is 43.1 Å². The molecule has 0 saturated carbocycles. The van der Waals surface area contributed by atoms with Gasteiger partial charge in [0.1, 0.15) is 18.2 Å². The smallest absolute Gasteiger partial charge is 0.257 e. The Morgan fingerprint density at radius 3 is 2.63 bits per heavy atom. The third-order valence-electron chi connectivity index (χ3n) is 6.51. The molecule has 8 heteroatoms. The SMILES string of the molecule is CCC(=O)Nc1ccc2c(c1)C(=O)N(C)C[C@@H](OC)[C@@H](C)CN(Cc1ccccc1F)[C@@H](C)CO2. The highest BCUT2D eigenvalue weighted by molar-refractivity contribution is 5.99. The maximum Gasteiger partial charge on any atom is 0.257 e. The van der Waals surface area contributed by atoms with Crippen LogP contribution < -0.4 is 10.1 Å². The number of carbonyl (C=O) groups excluding carboxylic acids is 2. The number of halogens is 1. The Bertz CT molecular complexity index is 1030. The van der Waals surface area contributed by atoms with Gasteiger partial charge in [-0.3, -0.25) is 14.5 Å². The molecular formula is C27H36FN3O4. The van der Waals surface area contributed by atoms with Crippen molar-refractivity contribution in [3.63, 3.8) is 0 Å². The zero-order valence-corrected chi connectivity index (χ0v) is 21.2. The van der Waals surface area contributed by atoms with Crippen molar-refractivity contribution in [3.05, 3.63) is 59.4 Å². The molecule has 0 aliphatic carbocycles. The second-order valence-electron chi connectivity index (χ2n) is 9.23. The molecule has 0 unspecified atom stereocenters. The molecule has 190 valence electrons. The highest BCUT2D eigenvalue weighted by Crippen LogP contribution is 2.27. The maximum absolute atomic E-state index is 14.4. The second-order valence-corrected chi connectivity index (χ2v) is 9.23. The lowest BCUT2D eigenvalue weighted by atomic mass is 10.0. The van der Waals surface area contributed by atoms with Crippen LogP contribution in [0.25, 0.3) is 0 Å².